The summed E-state index contributed by atoms with van der Waals surface area (Å²) in [4.78, 5) is 28.2. The first-order chi connectivity index (χ1) is 14.5. The van der Waals surface area contributed by atoms with E-state index in [1.54, 1.807) is 26.3 Å². The predicted molar refractivity (Wildman–Crippen MR) is 120 cm³/mol. The highest BCUT2D eigenvalue weighted by Gasteiger charge is 2.14. The molecule has 0 spiro atoms. The molecule has 30 heavy (non-hydrogen) atoms. The summed E-state index contributed by atoms with van der Waals surface area (Å²) in [6, 6.07) is 13.2. The number of ether oxygens (including phenoxy) is 1. The van der Waals surface area contributed by atoms with Gasteiger partial charge in [0, 0.05) is 37.2 Å². The molecule has 7 nitrogen and oxygen atoms in total. The zero-order valence-electron chi connectivity index (χ0n) is 17.6. The van der Waals surface area contributed by atoms with Crippen molar-refractivity contribution >= 4 is 34.0 Å². The molecule has 0 aliphatic heterocycles. The molecule has 0 bridgehead atoms. The highest BCUT2D eigenvalue weighted by Crippen LogP contribution is 2.36. The minimum atomic E-state index is -0.323. The Morgan fingerprint density at radius 2 is 1.87 bits per heavy atom. The molecule has 0 radical (unpaired) electrons. The van der Waals surface area contributed by atoms with Gasteiger partial charge >= 0.3 is 0 Å². The summed E-state index contributed by atoms with van der Waals surface area (Å²) in [5, 5.41) is 10.8. The standard InChI is InChI=1S/C23H26N4O3/c1-5-10-25-22-18-11-16(7-6-15(18)8-9-21(22)30-4)19-12-17(26-14(2)28)13-20(27-19)23(29)24-3/h6-9,11-13,25H,5,10H2,1-4H3,(H,24,29)(H,26,27,28). The van der Waals surface area contributed by atoms with Crippen molar-refractivity contribution in [1.82, 2.24) is 10.3 Å². The largest absolute Gasteiger partial charge is 0.495 e. The number of carbonyl (C=O) groups is 2. The fraction of sp³-hybridized carbons (Fsp3) is 0.261. The molecule has 1 heterocycles. The van der Waals surface area contributed by atoms with Crippen LogP contribution in [0.25, 0.3) is 22.0 Å². The summed E-state index contributed by atoms with van der Waals surface area (Å²) >= 11 is 0. The van der Waals surface area contributed by atoms with Gasteiger partial charge in [-0.05, 0) is 36.1 Å². The Hall–Kier alpha value is -3.61. The third-order valence-electron chi connectivity index (χ3n) is 4.66. The number of hydrogen-bond acceptors (Lipinski definition) is 5. The Kier molecular flexibility index (Phi) is 6.51. The molecule has 2 aromatic carbocycles. The first-order valence-corrected chi connectivity index (χ1v) is 9.83. The van der Waals surface area contributed by atoms with Crippen molar-refractivity contribution in [3.8, 4) is 17.0 Å². The third kappa shape index (κ3) is 4.51. The van der Waals surface area contributed by atoms with Crippen molar-refractivity contribution in [2.24, 2.45) is 0 Å². The van der Waals surface area contributed by atoms with Crippen LogP contribution in [-0.2, 0) is 4.79 Å². The summed E-state index contributed by atoms with van der Waals surface area (Å²) in [5.74, 6) is 0.222. The fourth-order valence-electron chi connectivity index (χ4n) is 3.26. The third-order valence-corrected chi connectivity index (χ3v) is 4.66. The second kappa shape index (κ2) is 9.26. The van der Waals surface area contributed by atoms with Crippen LogP contribution in [0.15, 0.2) is 42.5 Å². The topological polar surface area (TPSA) is 92.4 Å². The van der Waals surface area contributed by atoms with E-state index in [0.717, 1.165) is 40.7 Å². The van der Waals surface area contributed by atoms with Crippen molar-refractivity contribution in [3.63, 3.8) is 0 Å². The van der Waals surface area contributed by atoms with E-state index in [1.165, 1.54) is 6.92 Å². The van der Waals surface area contributed by atoms with E-state index in [1.807, 2.05) is 30.3 Å². The predicted octanol–water partition coefficient (Wildman–Crippen LogP) is 4.05. The number of pyridine rings is 1. The Morgan fingerprint density at radius 1 is 1.10 bits per heavy atom. The zero-order valence-corrected chi connectivity index (χ0v) is 17.6. The van der Waals surface area contributed by atoms with Crippen molar-refractivity contribution < 1.29 is 14.3 Å². The lowest BCUT2D eigenvalue weighted by molar-refractivity contribution is -0.114. The molecule has 1 aromatic heterocycles. The minimum absolute atomic E-state index is 0.218. The van der Waals surface area contributed by atoms with Crippen LogP contribution in [0.4, 0.5) is 11.4 Å². The molecule has 3 rings (SSSR count). The van der Waals surface area contributed by atoms with Gasteiger partial charge in [-0.25, -0.2) is 4.98 Å². The van der Waals surface area contributed by atoms with Gasteiger partial charge in [-0.2, -0.15) is 0 Å². The molecule has 0 unspecified atom stereocenters. The minimum Gasteiger partial charge on any atom is -0.495 e. The Balaban J connectivity index is 2.17. The van der Waals surface area contributed by atoms with Crippen LogP contribution in [0.5, 0.6) is 5.75 Å². The van der Waals surface area contributed by atoms with Crippen LogP contribution in [-0.4, -0.2) is 37.5 Å². The number of carbonyl (C=O) groups excluding carboxylic acids is 2. The summed E-state index contributed by atoms with van der Waals surface area (Å²) in [6.45, 7) is 4.35. The molecule has 0 atom stereocenters. The Bertz CT molecular complexity index is 1100. The van der Waals surface area contributed by atoms with Crippen LogP contribution < -0.4 is 20.7 Å². The van der Waals surface area contributed by atoms with Crippen molar-refractivity contribution in [3.05, 3.63) is 48.2 Å². The van der Waals surface area contributed by atoms with E-state index < -0.39 is 0 Å². The molecule has 3 N–H and O–H groups in total. The highest BCUT2D eigenvalue weighted by atomic mass is 16.5. The van der Waals surface area contributed by atoms with Gasteiger partial charge < -0.3 is 20.7 Å². The van der Waals surface area contributed by atoms with Gasteiger partial charge in [0.05, 0.1) is 18.5 Å². The number of nitrogens with zero attached hydrogens (tertiary/aromatic N) is 1. The van der Waals surface area contributed by atoms with Crippen molar-refractivity contribution in [2.75, 3.05) is 31.3 Å². The molecule has 0 aliphatic carbocycles. The van der Waals surface area contributed by atoms with Crippen LogP contribution in [0, 0.1) is 0 Å². The molecular formula is C23H26N4O3. The molecule has 0 saturated carbocycles. The number of fused-ring (bicyclic) bond motifs is 1. The molecule has 7 heteroatoms. The van der Waals surface area contributed by atoms with E-state index in [0.29, 0.717) is 11.4 Å². The smallest absolute Gasteiger partial charge is 0.269 e. The molecular weight excluding hydrogens is 380 g/mol. The van der Waals surface area contributed by atoms with Gasteiger partial charge in [-0.15, -0.1) is 0 Å². The summed E-state index contributed by atoms with van der Waals surface area (Å²) in [6.07, 6.45) is 0.981. The van der Waals surface area contributed by atoms with Crippen LogP contribution in [0.3, 0.4) is 0 Å². The van der Waals surface area contributed by atoms with E-state index in [-0.39, 0.29) is 17.5 Å². The van der Waals surface area contributed by atoms with Crippen molar-refractivity contribution in [2.45, 2.75) is 20.3 Å². The summed E-state index contributed by atoms with van der Waals surface area (Å²) in [7, 11) is 3.19. The molecule has 3 aromatic rings. The van der Waals surface area contributed by atoms with Gasteiger partial charge in [-0.3, -0.25) is 9.59 Å². The highest BCUT2D eigenvalue weighted by molar-refractivity contribution is 6.00. The number of nitrogens with one attached hydrogen (secondary N) is 3. The molecule has 156 valence electrons. The SMILES string of the molecule is CCCNc1c(OC)ccc2ccc(-c3cc(NC(C)=O)cc(C(=O)NC)n3)cc12. The molecule has 0 saturated heterocycles. The number of benzene rings is 2. The second-order valence-corrected chi connectivity index (χ2v) is 6.89. The number of amides is 2. The van der Waals surface area contributed by atoms with Gasteiger partial charge in [-0.1, -0.05) is 25.1 Å². The monoisotopic (exact) mass is 406 g/mol. The van der Waals surface area contributed by atoms with Crippen LogP contribution in [0.2, 0.25) is 0 Å². The maximum absolute atomic E-state index is 12.2. The number of anilines is 2. The van der Waals surface area contributed by atoms with E-state index in [2.05, 4.69) is 27.9 Å². The quantitative estimate of drug-likeness (QED) is 0.550. The lowest BCUT2D eigenvalue weighted by Gasteiger charge is -2.15. The number of rotatable bonds is 7. The fourth-order valence-corrected chi connectivity index (χ4v) is 3.26. The second-order valence-electron chi connectivity index (χ2n) is 6.89. The molecule has 0 aliphatic rings. The van der Waals surface area contributed by atoms with Gasteiger partial charge in [0.25, 0.3) is 5.91 Å². The van der Waals surface area contributed by atoms with Gasteiger partial charge in [0.2, 0.25) is 5.91 Å². The zero-order chi connectivity index (χ0) is 21.7. The van der Waals surface area contributed by atoms with E-state index >= 15 is 0 Å². The number of methoxy groups -OCH3 is 1. The lowest BCUT2D eigenvalue weighted by atomic mass is 10.0. The van der Waals surface area contributed by atoms with Gasteiger partial charge in [0.15, 0.2) is 0 Å². The molecule has 2 amide bonds. The maximum Gasteiger partial charge on any atom is 0.269 e. The first-order valence-electron chi connectivity index (χ1n) is 9.83. The van der Waals surface area contributed by atoms with Gasteiger partial charge in [0.1, 0.15) is 11.4 Å². The van der Waals surface area contributed by atoms with E-state index in [4.69, 9.17) is 4.74 Å². The average Bonchev–Trinajstić information content (AvgIpc) is 2.75. The van der Waals surface area contributed by atoms with Crippen LogP contribution >= 0.6 is 0 Å². The summed E-state index contributed by atoms with van der Waals surface area (Å²) in [5.41, 5.74) is 3.08. The lowest BCUT2D eigenvalue weighted by Crippen LogP contribution is -2.20. The van der Waals surface area contributed by atoms with Crippen molar-refractivity contribution in [1.29, 1.82) is 0 Å². The number of hydrogen-bond donors (Lipinski definition) is 3. The Morgan fingerprint density at radius 3 is 2.53 bits per heavy atom. The average molecular weight is 406 g/mol. The van der Waals surface area contributed by atoms with Crippen LogP contribution in [0.1, 0.15) is 30.8 Å². The molecule has 0 fully saturated rings. The number of aromatic nitrogens is 1. The Labute approximate surface area is 175 Å². The maximum atomic E-state index is 12.2. The summed E-state index contributed by atoms with van der Waals surface area (Å²) < 4.78 is 5.55. The van der Waals surface area contributed by atoms with E-state index in [9.17, 15) is 9.59 Å². The first kappa shape index (κ1) is 21.1. The normalized spacial score (nSPS) is 10.5.